The summed E-state index contributed by atoms with van der Waals surface area (Å²) in [5.74, 6) is 1.43. The minimum Gasteiger partial charge on any atom is -0.496 e. The zero-order chi connectivity index (χ0) is 18.9. The summed E-state index contributed by atoms with van der Waals surface area (Å²) >= 11 is 0. The van der Waals surface area contributed by atoms with Gasteiger partial charge in [0.05, 0.1) is 7.11 Å². The summed E-state index contributed by atoms with van der Waals surface area (Å²) < 4.78 is 25.0. The van der Waals surface area contributed by atoms with E-state index in [4.69, 9.17) is 9.47 Å². The number of benzene rings is 3. The van der Waals surface area contributed by atoms with Gasteiger partial charge in [-0.25, -0.2) is 4.39 Å². The fraction of sp³-hybridized carbons (Fsp3) is 0.217. The van der Waals surface area contributed by atoms with Gasteiger partial charge in [-0.2, -0.15) is 0 Å². The molecule has 0 atom stereocenters. The number of halogens is 2. The molecule has 0 unspecified atom stereocenters. The van der Waals surface area contributed by atoms with Gasteiger partial charge in [-0.05, 0) is 36.7 Å². The summed E-state index contributed by atoms with van der Waals surface area (Å²) in [6.07, 6.45) is 0.877. The third kappa shape index (κ3) is 5.98. The van der Waals surface area contributed by atoms with Crippen molar-refractivity contribution in [1.82, 2.24) is 5.32 Å². The Morgan fingerprint density at radius 1 is 0.786 bits per heavy atom. The van der Waals surface area contributed by atoms with E-state index in [0.29, 0.717) is 12.1 Å². The molecular formula is C23H25ClFNO2. The van der Waals surface area contributed by atoms with Gasteiger partial charge in [-0.1, -0.05) is 54.6 Å². The Hall–Kier alpha value is -2.56. The van der Waals surface area contributed by atoms with Crippen LogP contribution < -0.4 is 14.8 Å². The fourth-order valence-corrected chi connectivity index (χ4v) is 2.92. The topological polar surface area (TPSA) is 30.5 Å². The van der Waals surface area contributed by atoms with E-state index in [2.05, 4.69) is 11.4 Å². The first-order chi connectivity index (χ1) is 13.3. The summed E-state index contributed by atoms with van der Waals surface area (Å²) in [6.45, 7) is 1.72. The van der Waals surface area contributed by atoms with Gasteiger partial charge in [0, 0.05) is 17.7 Å². The summed E-state index contributed by atoms with van der Waals surface area (Å²) in [5, 5.41) is 3.44. The van der Waals surface area contributed by atoms with Crippen LogP contribution in [0.25, 0.3) is 0 Å². The van der Waals surface area contributed by atoms with Crippen molar-refractivity contribution in [3.63, 3.8) is 0 Å². The predicted octanol–water partition coefficient (Wildman–Crippen LogP) is 5.17. The first-order valence-corrected chi connectivity index (χ1v) is 9.04. The minimum absolute atomic E-state index is 0. The van der Waals surface area contributed by atoms with Crippen molar-refractivity contribution in [2.24, 2.45) is 0 Å². The third-order valence-electron chi connectivity index (χ3n) is 4.39. The molecule has 3 rings (SSSR count). The zero-order valence-corrected chi connectivity index (χ0v) is 16.7. The van der Waals surface area contributed by atoms with E-state index in [1.165, 1.54) is 11.6 Å². The van der Waals surface area contributed by atoms with Crippen molar-refractivity contribution in [1.29, 1.82) is 0 Å². The quantitative estimate of drug-likeness (QED) is 0.502. The van der Waals surface area contributed by atoms with Crippen LogP contribution in [-0.2, 0) is 19.6 Å². The molecule has 0 aromatic heterocycles. The maximum absolute atomic E-state index is 13.8. The zero-order valence-electron chi connectivity index (χ0n) is 15.9. The maximum atomic E-state index is 13.8. The molecule has 3 aromatic rings. The Labute approximate surface area is 171 Å². The van der Waals surface area contributed by atoms with Crippen molar-refractivity contribution in [2.75, 3.05) is 13.7 Å². The number of rotatable bonds is 9. The van der Waals surface area contributed by atoms with Gasteiger partial charge >= 0.3 is 0 Å². The molecule has 1 N–H and O–H groups in total. The molecular weight excluding hydrogens is 377 g/mol. The lowest BCUT2D eigenvalue weighted by Gasteiger charge is -2.13. The number of hydrogen-bond donors (Lipinski definition) is 1. The molecule has 5 heteroatoms. The fourth-order valence-electron chi connectivity index (χ4n) is 2.92. The summed E-state index contributed by atoms with van der Waals surface area (Å²) in [6, 6.07) is 22.6. The molecule has 148 valence electrons. The highest BCUT2D eigenvalue weighted by atomic mass is 35.5. The molecule has 0 saturated carbocycles. The smallest absolute Gasteiger partial charge is 0.129 e. The molecule has 0 radical (unpaired) electrons. The second-order valence-corrected chi connectivity index (χ2v) is 6.23. The number of methoxy groups -OCH3 is 1. The van der Waals surface area contributed by atoms with E-state index in [1.54, 1.807) is 19.2 Å². The van der Waals surface area contributed by atoms with Crippen molar-refractivity contribution in [3.8, 4) is 11.5 Å². The van der Waals surface area contributed by atoms with E-state index in [9.17, 15) is 4.39 Å². The number of para-hydroxylation sites is 2. The molecule has 3 aromatic carbocycles. The van der Waals surface area contributed by atoms with Gasteiger partial charge in [0.2, 0.25) is 0 Å². The van der Waals surface area contributed by atoms with E-state index in [0.717, 1.165) is 30.0 Å². The minimum atomic E-state index is -0.245. The van der Waals surface area contributed by atoms with Crippen LogP contribution in [-0.4, -0.2) is 13.7 Å². The normalized spacial score (nSPS) is 10.2. The molecule has 0 aliphatic carbocycles. The van der Waals surface area contributed by atoms with Crippen molar-refractivity contribution < 1.29 is 13.9 Å². The Morgan fingerprint density at radius 2 is 1.39 bits per heavy atom. The Morgan fingerprint density at radius 3 is 2.11 bits per heavy atom. The molecule has 3 nitrogen and oxygen atoms in total. The molecule has 0 bridgehead atoms. The van der Waals surface area contributed by atoms with Gasteiger partial charge < -0.3 is 14.8 Å². The van der Waals surface area contributed by atoms with Crippen molar-refractivity contribution in [2.45, 2.75) is 19.6 Å². The first-order valence-electron chi connectivity index (χ1n) is 9.04. The van der Waals surface area contributed by atoms with Gasteiger partial charge in [-0.3, -0.25) is 0 Å². The van der Waals surface area contributed by atoms with Gasteiger partial charge in [0.1, 0.15) is 23.9 Å². The van der Waals surface area contributed by atoms with Crippen LogP contribution in [0.3, 0.4) is 0 Å². The van der Waals surface area contributed by atoms with E-state index in [-0.39, 0.29) is 24.8 Å². The maximum Gasteiger partial charge on any atom is 0.129 e. The number of ether oxygens (including phenoxy) is 2. The van der Waals surface area contributed by atoms with Crippen LogP contribution in [0.1, 0.15) is 16.7 Å². The average Bonchev–Trinajstić information content (AvgIpc) is 2.71. The Kier molecular flexibility index (Phi) is 8.79. The lowest BCUT2D eigenvalue weighted by molar-refractivity contribution is 0.296. The SMILES string of the molecule is COc1ccccc1CCNCc1ccccc1OCc1ccccc1F.Cl. The molecule has 28 heavy (non-hydrogen) atoms. The largest absolute Gasteiger partial charge is 0.496 e. The monoisotopic (exact) mass is 401 g/mol. The Balaban J connectivity index is 0.00000280. The van der Waals surface area contributed by atoms with Gasteiger partial charge in [0.25, 0.3) is 0 Å². The predicted molar refractivity (Wildman–Crippen MR) is 113 cm³/mol. The molecule has 0 saturated heterocycles. The van der Waals surface area contributed by atoms with Crippen LogP contribution in [0, 0.1) is 5.82 Å². The first kappa shape index (κ1) is 21.7. The number of nitrogens with one attached hydrogen (secondary N) is 1. The van der Waals surface area contributed by atoms with Crippen LogP contribution in [0.5, 0.6) is 11.5 Å². The lowest BCUT2D eigenvalue weighted by Crippen LogP contribution is -2.17. The highest BCUT2D eigenvalue weighted by molar-refractivity contribution is 5.85. The van der Waals surface area contributed by atoms with Crippen LogP contribution in [0.15, 0.2) is 72.8 Å². The lowest BCUT2D eigenvalue weighted by atomic mass is 10.1. The van der Waals surface area contributed by atoms with E-state index < -0.39 is 0 Å². The molecule has 0 aliphatic rings. The van der Waals surface area contributed by atoms with Crippen LogP contribution >= 0.6 is 12.4 Å². The van der Waals surface area contributed by atoms with Crippen LogP contribution in [0.2, 0.25) is 0 Å². The van der Waals surface area contributed by atoms with Gasteiger partial charge in [0.15, 0.2) is 0 Å². The second-order valence-electron chi connectivity index (χ2n) is 6.23. The van der Waals surface area contributed by atoms with Gasteiger partial charge in [-0.15, -0.1) is 12.4 Å². The number of hydrogen-bond acceptors (Lipinski definition) is 3. The molecule has 0 fully saturated rings. The second kappa shape index (κ2) is 11.3. The van der Waals surface area contributed by atoms with Crippen molar-refractivity contribution in [3.05, 3.63) is 95.3 Å². The highest BCUT2D eigenvalue weighted by Crippen LogP contribution is 2.20. The third-order valence-corrected chi connectivity index (χ3v) is 4.39. The summed E-state index contributed by atoms with van der Waals surface area (Å²) in [4.78, 5) is 0. The summed E-state index contributed by atoms with van der Waals surface area (Å²) in [7, 11) is 1.69. The molecule has 0 spiro atoms. The standard InChI is InChI=1S/C23H24FNO2.ClH/c1-26-22-12-6-3-8-18(22)14-15-25-16-19-9-4-7-13-23(19)27-17-20-10-2-5-11-21(20)24;/h2-13,25H,14-17H2,1H3;1H. The molecule has 0 amide bonds. The van der Waals surface area contributed by atoms with Crippen molar-refractivity contribution >= 4 is 12.4 Å². The highest BCUT2D eigenvalue weighted by Gasteiger charge is 2.06. The Bertz CT molecular complexity index is 872. The van der Waals surface area contributed by atoms with E-state index in [1.807, 2.05) is 48.5 Å². The summed E-state index contributed by atoms with van der Waals surface area (Å²) in [5.41, 5.74) is 2.78. The molecule has 0 heterocycles. The van der Waals surface area contributed by atoms with Crippen LogP contribution in [0.4, 0.5) is 4.39 Å². The van der Waals surface area contributed by atoms with E-state index >= 15 is 0 Å². The molecule has 0 aliphatic heterocycles. The average molecular weight is 402 g/mol.